The van der Waals surface area contributed by atoms with Crippen molar-refractivity contribution in [2.45, 2.75) is 55.4 Å². The number of ether oxygens (including phenoxy) is 2. The maximum absolute atomic E-state index is 13.3. The van der Waals surface area contributed by atoms with Crippen molar-refractivity contribution in [2.75, 3.05) is 44.9 Å². The van der Waals surface area contributed by atoms with Gasteiger partial charge < -0.3 is 24.8 Å². The van der Waals surface area contributed by atoms with Crippen LogP contribution in [-0.4, -0.2) is 71.4 Å². The lowest BCUT2D eigenvalue weighted by molar-refractivity contribution is -0.143. The summed E-state index contributed by atoms with van der Waals surface area (Å²) in [4.78, 5) is 25.6. The summed E-state index contributed by atoms with van der Waals surface area (Å²) in [5.41, 5.74) is 2.73. The maximum atomic E-state index is 13.3. The second-order valence-electron chi connectivity index (χ2n) is 11.7. The van der Waals surface area contributed by atoms with Crippen molar-refractivity contribution in [2.24, 2.45) is 11.8 Å². The van der Waals surface area contributed by atoms with Crippen LogP contribution in [0, 0.1) is 11.8 Å². The maximum Gasteiger partial charge on any atom is 0.329 e. The van der Waals surface area contributed by atoms with Crippen LogP contribution in [0.25, 0.3) is 0 Å². The lowest BCUT2D eigenvalue weighted by Gasteiger charge is -2.44. The minimum atomic E-state index is -4.13. The fourth-order valence-corrected chi connectivity index (χ4v) is 7.62. The fourth-order valence-electron chi connectivity index (χ4n) is 6.35. The highest BCUT2D eigenvalue weighted by Crippen LogP contribution is 2.46. The minimum Gasteiger partial charge on any atom is -0.490 e. The van der Waals surface area contributed by atoms with Gasteiger partial charge in [0.2, 0.25) is 0 Å². The van der Waals surface area contributed by atoms with E-state index in [9.17, 15) is 18.0 Å². The third-order valence-corrected chi connectivity index (χ3v) is 10.5. The molecule has 5 rings (SSSR count). The molecule has 2 aromatic rings. The van der Waals surface area contributed by atoms with Crippen molar-refractivity contribution < 1.29 is 32.6 Å². The number of fused-ring (bicyclic) bond motifs is 3. The summed E-state index contributed by atoms with van der Waals surface area (Å²) in [6, 6.07) is 10.1. The first-order valence-corrected chi connectivity index (χ1v) is 16.2. The molecule has 2 aliphatic carbocycles. The summed E-state index contributed by atoms with van der Waals surface area (Å²) in [6.45, 7) is 3.30. The predicted molar refractivity (Wildman–Crippen MR) is 159 cm³/mol. The monoisotopic (exact) mass is 619 g/mol. The quantitative estimate of drug-likeness (QED) is 0.366. The van der Waals surface area contributed by atoms with E-state index in [1.54, 1.807) is 26.1 Å². The van der Waals surface area contributed by atoms with Crippen LogP contribution in [-0.2, 0) is 36.2 Å². The zero-order chi connectivity index (χ0) is 30.1. The van der Waals surface area contributed by atoms with Crippen LogP contribution < -0.4 is 19.7 Å². The molecule has 0 bridgehead atoms. The summed E-state index contributed by atoms with van der Waals surface area (Å²) >= 11 is 6.35. The number of carbonyl (C=O) groups is 2. The molecule has 10 nitrogen and oxygen atoms in total. The van der Waals surface area contributed by atoms with Crippen LogP contribution in [0.2, 0.25) is 5.02 Å². The molecule has 1 aliphatic heterocycles. The number of aryl methyl sites for hydroxylation is 1. The van der Waals surface area contributed by atoms with Crippen molar-refractivity contribution in [1.82, 2.24) is 10.0 Å². The van der Waals surface area contributed by atoms with Crippen LogP contribution >= 0.6 is 11.6 Å². The first kappa shape index (κ1) is 30.6. The Morgan fingerprint density at radius 1 is 1.21 bits per heavy atom. The minimum absolute atomic E-state index is 0.0202. The van der Waals surface area contributed by atoms with Crippen LogP contribution in [0.4, 0.5) is 5.69 Å². The summed E-state index contributed by atoms with van der Waals surface area (Å²) in [7, 11) is -2.55. The molecule has 12 heteroatoms. The van der Waals surface area contributed by atoms with E-state index >= 15 is 0 Å². The molecule has 1 spiro atoms. The van der Waals surface area contributed by atoms with Crippen molar-refractivity contribution in [3.05, 3.63) is 52.5 Å². The van der Waals surface area contributed by atoms with Gasteiger partial charge in [0.05, 0.1) is 29.8 Å². The highest BCUT2D eigenvalue weighted by atomic mass is 35.5. The SMILES string of the molecule is CN[C@@H](C)C(=O)NS(=O)(=O)c1ccc2c(c1)N(C[C@@H]1CC[C@H]1COCC(=O)O)C[C@@]1(CCCc3cc(Cl)ccc31)CO2. The largest absolute Gasteiger partial charge is 0.490 e. The molecular formula is C30H38ClN3O7S. The Morgan fingerprint density at radius 2 is 2.00 bits per heavy atom. The van der Waals surface area contributed by atoms with Crippen LogP contribution in [0.15, 0.2) is 41.3 Å². The summed E-state index contributed by atoms with van der Waals surface area (Å²) in [5.74, 6) is -0.603. The lowest BCUT2D eigenvalue weighted by atomic mass is 9.69. The van der Waals surface area contributed by atoms with Gasteiger partial charge in [-0.3, -0.25) is 4.79 Å². The summed E-state index contributed by atoms with van der Waals surface area (Å²) in [6.07, 6.45) is 4.72. The molecule has 228 valence electrons. The number of benzene rings is 2. The van der Waals surface area contributed by atoms with Crippen LogP contribution in [0.5, 0.6) is 5.75 Å². The Kier molecular flexibility index (Phi) is 9.03. The number of anilines is 1. The van der Waals surface area contributed by atoms with Crippen LogP contribution in [0.3, 0.4) is 0 Å². The zero-order valence-electron chi connectivity index (χ0n) is 23.9. The molecular weight excluding hydrogens is 582 g/mol. The van der Waals surface area contributed by atoms with E-state index in [1.807, 2.05) is 12.1 Å². The van der Waals surface area contributed by atoms with Gasteiger partial charge in [-0.1, -0.05) is 17.7 Å². The number of carboxylic acid groups (broad SMARTS) is 1. The zero-order valence-corrected chi connectivity index (χ0v) is 25.5. The van der Waals surface area contributed by atoms with E-state index in [4.69, 9.17) is 26.2 Å². The Hall–Kier alpha value is -2.86. The normalized spacial score (nSPS) is 24.0. The topological polar surface area (TPSA) is 134 Å². The Balaban J connectivity index is 1.49. The van der Waals surface area contributed by atoms with Crippen molar-refractivity contribution in [3.8, 4) is 5.75 Å². The molecule has 4 atom stereocenters. The standard InChI is InChI=1S/C30H38ClN3O7S/c1-19(32-2)29(37)33-42(38,39)24-8-10-27-26(13-24)34(14-21-5-6-22(21)15-40-16-28(35)36)17-30(18-41-27)11-3-4-20-12-23(31)7-9-25(20)30/h7-10,12-13,19,21-22,32H,3-6,11,14-18H2,1-2H3,(H,33,37)(H,35,36)/t19-,21-,22-,30-/m0/s1. The number of nitrogens with one attached hydrogen (secondary N) is 2. The number of amides is 1. The number of likely N-dealkylation sites (N-methyl/N-ethyl adjacent to an activating group) is 1. The van der Waals surface area contributed by atoms with Gasteiger partial charge in [-0.2, -0.15) is 0 Å². The number of rotatable bonds is 10. The highest BCUT2D eigenvalue weighted by molar-refractivity contribution is 7.90. The summed E-state index contributed by atoms with van der Waals surface area (Å²) < 4.78 is 40.6. The number of aliphatic carboxylic acids is 1. The number of sulfonamides is 1. The second kappa shape index (κ2) is 12.4. The number of nitrogens with zero attached hydrogens (tertiary/aromatic N) is 1. The Bertz CT molecular complexity index is 1450. The molecule has 1 heterocycles. The number of hydrogen-bond acceptors (Lipinski definition) is 8. The average molecular weight is 620 g/mol. The molecule has 0 unspecified atom stereocenters. The second-order valence-corrected chi connectivity index (χ2v) is 13.8. The molecule has 1 saturated carbocycles. The lowest BCUT2D eigenvalue weighted by Crippen LogP contribution is -2.48. The Morgan fingerprint density at radius 3 is 2.71 bits per heavy atom. The highest BCUT2D eigenvalue weighted by Gasteiger charge is 2.43. The number of hydrogen-bond donors (Lipinski definition) is 3. The molecule has 2 aromatic carbocycles. The van der Waals surface area contributed by atoms with Gasteiger partial charge >= 0.3 is 5.97 Å². The van der Waals surface area contributed by atoms with Gasteiger partial charge in [0.1, 0.15) is 12.4 Å². The molecule has 0 aromatic heterocycles. The van der Waals surface area contributed by atoms with E-state index in [0.29, 0.717) is 42.8 Å². The van der Waals surface area contributed by atoms with Crippen molar-refractivity contribution in [1.29, 1.82) is 0 Å². The van der Waals surface area contributed by atoms with Crippen LogP contribution in [0.1, 0.15) is 43.7 Å². The fraction of sp³-hybridized carbons (Fsp3) is 0.533. The number of carbonyl (C=O) groups excluding carboxylic acids is 1. The van der Waals surface area contributed by atoms with E-state index in [0.717, 1.165) is 32.1 Å². The van der Waals surface area contributed by atoms with Gasteiger partial charge in [-0.15, -0.1) is 0 Å². The molecule has 1 amide bonds. The molecule has 0 radical (unpaired) electrons. The first-order valence-electron chi connectivity index (χ1n) is 14.4. The van der Waals surface area contributed by atoms with E-state index in [1.165, 1.54) is 17.2 Å². The smallest absolute Gasteiger partial charge is 0.329 e. The molecule has 42 heavy (non-hydrogen) atoms. The first-order chi connectivity index (χ1) is 20.0. The third-order valence-electron chi connectivity index (χ3n) is 8.97. The van der Waals surface area contributed by atoms with E-state index in [-0.39, 0.29) is 28.8 Å². The van der Waals surface area contributed by atoms with E-state index < -0.39 is 27.9 Å². The number of carboxylic acids is 1. The van der Waals surface area contributed by atoms with E-state index in [2.05, 4.69) is 21.0 Å². The predicted octanol–water partition coefficient (Wildman–Crippen LogP) is 3.35. The van der Waals surface area contributed by atoms with Gasteiger partial charge in [-0.05, 0) is 99.4 Å². The van der Waals surface area contributed by atoms with Gasteiger partial charge in [0.15, 0.2) is 0 Å². The molecule has 3 N–H and O–H groups in total. The van der Waals surface area contributed by atoms with Crippen molar-refractivity contribution in [3.63, 3.8) is 0 Å². The van der Waals surface area contributed by atoms with Gasteiger partial charge in [0.25, 0.3) is 15.9 Å². The Labute approximate surface area is 251 Å². The summed E-state index contributed by atoms with van der Waals surface area (Å²) in [5, 5.41) is 12.4. The molecule has 3 aliphatic rings. The number of halogens is 1. The van der Waals surface area contributed by atoms with Crippen molar-refractivity contribution >= 4 is 39.2 Å². The van der Waals surface area contributed by atoms with Gasteiger partial charge in [-0.25, -0.2) is 17.9 Å². The third kappa shape index (κ3) is 6.39. The molecule has 1 fully saturated rings. The van der Waals surface area contributed by atoms with Gasteiger partial charge in [0, 0.05) is 23.5 Å². The average Bonchev–Trinajstić information content (AvgIpc) is 3.09. The molecule has 0 saturated heterocycles.